The molecule has 3 N–H and O–H groups in total. The Balaban J connectivity index is 2.04. The molecule has 3 aromatic rings. The lowest BCUT2D eigenvalue weighted by atomic mass is 10.3. The van der Waals surface area contributed by atoms with Crippen LogP contribution in [0, 0.1) is 0 Å². The van der Waals surface area contributed by atoms with Gasteiger partial charge in [-0.2, -0.15) is 0 Å². The van der Waals surface area contributed by atoms with Crippen LogP contribution in [0.15, 0.2) is 54.4 Å². The summed E-state index contributed by atoms with van der Waals surface area (Å²) in [4.78, 5) is 42.3. The van der Waals surface area contributed by atoms with Gasteiger partial charge < -0.3 is 10.2 Å². The Morgan fingerprint density at radius 1 is 1.37 bits per heavy atom. The van der Waals surface area contributed by atoms with E-state index in [1.165, 1.54) is 33.1 Å². The molecule has 0 atom stereocenters. The molecular weight excluding hydrogens is 472 g/mol. The van der Waals surface area contributed by atoms with Crippen molar-refractivity contribution in [2.75, 3.05) is 10.6 Å². The number of carbonyl (C=O) groups is 1. The van der Waals surface area contributed by atoms with Gasteiger partial charge in [0.05, 0.1) is 16.6 Å². The van der Waals surface area contributed by atoms with Crippen molar-refractivity contribution >= 4 is 50.8 Å². The van der Waals surface area contributed by atoms with Crippen molar-refractivity contribution in [3.8, 4) is 0 Å². The smallest absolute Gasteiger partial charge is 0.330 e. The number of furan rings is 1. The van der Waals surface area contributed by atoms with E-state index in [2.05, 4.69) is 20.9 Å². The van der Waals surface area contributed by atoms with Crippen molar-refractivity contribution in [2.24, 2.45) is 0 Å². The summed E-state index contributed by atoms with van der Waals surface area (Å²) in [5.74, 6) is -0.0427. The molecule has 0 fully saturated rings. The number of nitrogens with zero attached hydrogens (tertiary/aromatic N) is 2. The first-order valence-corrected chi connectivity index (χ1v) is 10.9. The van der Waals surface area contributed by atoms with Gasteiger partial charge >= 0.3 is 5.69 Å². The number of halogens is 1. The predicted octanol–water partition coefficient (Wildman–Crippen LogP) is 3.58. The molecule has 10 heteroatoms. The predicted molar refractivity (Wildman–Crippen MR) is 122 cm³/mol. The van der Waals surface area contributed by atoms with Crippen LogP contribution in [0.3, 0.4) is 0 Å². The second-order valence-electron chi connectivity index (χ2n) is 6.48. The van der Waals surface area contributed by atoms with E-state index >= 15 is 0 Å². The Bertz CT molecular complexity index is 1160. The summed E-state index contributed by atoms with van der Waals surface area (Å²) < 4.78 is 7.57. The number of hydrogen-bond acceptors (Lipinski definition) is 6. The number of amides is 1. The molecule has 0 aromatic carbocycles. The van der Waals surface area contributed by atoms with Gasteiger partial charge in [-0.25, -0.2) is 4.79 Å². The van der Waals surface area contributed by atoms with Gasteiger partial charge in [0.15, 0.2) is 5.69 Å². The minimum absolute atomic E-state index is 0.0103. The van der Waals surface area contributed by atoms with Gasteiger partial charge in [-0.15, -0.1) is 11.3 Å². The van der Waals surface area contributed by atoms with E-state index < -0.39 is 17.2 Å². The maximum atomic E-state index is 13.1. The third-order valence-electron chi connectivity index (χ3n) is 4.36. The molecule has 0 saturated carbocycles. The summed E-state index contributed by atoms with van der Waals surface area (Å²) in [7, 11) is 0. The van der Waals surface area contributed by atoms with E-state index in [0.29, 0.717) is 18.7 Å². The number of nitrogens with one attached hydrogen (secondary N) is 1. The Morgan fingerprint density at radius 2 is 2.17 bits per heavy atom. The number of aromatic amines is 1. The third-order valence-corrected chi connectivity index (χ3v) is 5.95. The zero-order valence-electron chi connectivity index (χ0n) is 16.3. The van der Waals surface area contributed by atoms with Crippen LogP contribution in [0.4, 0.5) is 11.5 Å². The van der Waals surface area contributed by atoms with Crippen molar-refractivity contribution < 1.29 is 9.21 Å². The molecule has 0 aliphatic rings. The van der Waals surface area contributed by atoms with Crippen LogP contribution in [-0.4, -0.2) is 15.5 Å². The number of unbranched alkanes of at least 4 members (excludes halogenated alkanes) is 1. The fourth-order valence-electron chi connectivity index (χ4n) is 2.86. The van der Waals surface area contributed by atoms with Crippen LogP contribution >= 0.6 is 27.3 Å². The zero-order valence-corrected chi connectivity index (χ0v) is 18.7. The first-order chi connectivity index (χ1) is 14.4. The topological polar surface area (TPSA) is 114 Å². The minimum Gasteiger partial charge on any atom is -0.467 e. The summed E-state index contributed by atoms with van der Waals surface area (Å²) in [6.07, 6.45) is 6.04. The Hall–Kier alpha value is -2.85. The highest BCUT2D eigenvalue weighted by molar-refractivity contribution is 9.11. The van der Waals surface area contributed by atoms with Gasteiger partial charge in [0.2, 0.25) is 0 Å². The van der Waals surface area contributed by atoms with E-state index in [9.17, 15) is 14.4 Å². The number of hydrogen-bond donors (Lipinski definition) is 2. The number of H-pyrrole nitrogens is 1. The maximum Gasteiger partial charge on any atom is 0.330 e. The largest absolute Gasteiger partial charge is 0.467 e. The monoisotopic (exact) mass is 492 g/mol. The lowest BCUT2D eigenvalue weighted by molar-refractivity contribution is -0.114. The number of carbonyl (C=O) groups excluding carboxylic acids is 1. The SMILES string of the molecule is CCCCn1c(N)c(N(Cc2ccco2)C(=O)C=Cc2ccc(Br)s2)c(=O)[nH]c1=O. The van der Waals surface area contributed by atoms with Crippen molar-refractivity contribution in [2.45, 2.75) is 32.9 Å². The van der Waals surface area contributed by atoms with E-state index in [-0.39, 0.29) is 18.1 Å². The second-order valence-corrected chi connectivity index (χ2v) is 8.97. The van der Waals surface area contributed by atoms with E-state index in [0.717, 1.165) is 15.1 Å². The van der Waals surface area contributed by atoms with Gasteiger partial charge in [-0.1, -0.05) is 13.3 Å². The molecule has 0 radical (unpaired) electrons. The minimum atomic E-state index is -0.725. The number of nitrogens with two attached hydrogens (primary N) is 1. The number of rotatable bonds is 8. The van der Waals surface area contributed by atoms with Crippen molar-refractivity contribution in [1.29, 1.82) is 0 Å². The standard InChI is InChI=1S/C20H21BrN4O4S/c1-2-3-10-24-18(22)17(19(27)23-20(24)28)25(12-13-5-4-11-29-13)16(26)9-7-14-6-8-15(21)30-14/h4-9,11H,2-3,10,12,22H2,1H3,(H,23,27,28). The highest BCUT2D eigenvalue weighted by Gasteiger charge is 2.24. The first kappa shape index (κ1) is 21.8. The van der Waals surface area contributed by atoms with E-state index in [1.54, 1.807) is 18.2 Å². The molecule has 0 saturated heterocycles. The normalized spacial score (nSPS) is 11.3. The van der Waals surface area contributed by atoms with Crippen molar-refractivity contribution in [1.82, 2.24) is 9.55 Å². The Kier molecular flexibility index (Phi) is 7.11. The van der Waals surface area contributed by atoms with Crippen LogP contribution in [0.1, 0.15) is 30.4 Å². The molecule has 1 amide bonds. The van der Waals surface area contributed by atoms with Crippen molar-refractivity contribution in [3.63, 3.8) is 0 Å². The summed E-state index contributed by atoms with van der Waals surface area (Å²) in [6, 6.07) is 7.12. The van der Waals surface area contributed by atoms with Gasteiger partial charge in [-0.3, -0.25) is 24.0 Å². The lowest BCUT2D eigenvalue weighted by Gasteiger charge is -2.22. The molecule has 0 aliphatic heterocycles. The quantitative estimate of drug-likeness (QED) is 0.466. The van der Waals surface area contributed by atoms with Crippen molar-refractivity contribution in [3.05, 3.63) is 71.9 Å². The molecule has 3 heterocycles. The average Bonchev–Trinajstić information content (AvgIpc) is 3.36. The Labute approximate surface area is 184 Å². The fraction of sp³-hybridized carbons (Fsp3) is 0.250. The molecule has 158 valence electrons. The number of anilines is 2. The number of nitrogen functional groups attached to an aromatic ring is 1. The highest BCUT2D eigenvalue weighted by Crippen LogP contribution is 2.24. The van der Waals surface area contributed by atoms with Crippen LogP contribution < -0.4 is 21.9 Å². The molecule has 0 spiro atoms. The van der Waals surface area contributed by atoms with Crippen LogP contribution in [0.25, 0.3) is 6.08 Å². The van der Waals surface area contributed by atoms with Crippen LogP contribution in [0.5, 0.6) is 0 Å². The fourth-order valence-corrected chi connectivity index (χ4v) is 4.19. The van der Waals surface area contributed by atoms with Crippen LogP contribution in [-0.2, 0) is 17.9 Å². The molecule has 3 rings (SSSR count). The average molecular weight is 493 g/mol. The molecule has 0 bridgehead atoms. The van der Waals surface area contributed by atoms with E-state index in [4.69, 9.17) is 10.2 Å². The number of thiophene rings is 1. The molecule has 8 nitrogen and oxygen atoms in total. The summed E-state index contributed by atoms with van der Waals surface area (Å²) >= 11 is 4.85. The molecule has 0 aliphatic carbocycles. The molecule has 3 aromatic heterocycles. The lowest BCUT2D eigenvalue weighted by Crippen LogP contribution is -2.40. The zero-order chi connectivity index (χ0) is 21.7. The summed E-state index contributed by atoms with van der Waals surface area (Å²) in [5, 5.41) is 0. The molecular formula is C20H21BrN4O4S. The Morgan fingerprint density at radius 3 is 2.80 bits per heavy atom. The van der Waals surface area contributed by atoms with Gasteiger partial charge in [0, 0.05) is 17.5 Å². The first-order valence-electron chi connectivity index (χ1n) is 9.30. The highest BCUT2D eigenvalue weighted by atomic mass is 79.9. The molecule has 0 unspecified atom stereocenters. The van der Waals surface area contributed by atoms with Gasteiger partial charge in [0.25, 0.3) is 11.5 Å². The summed E-state index contributed by atoms with van der Waals surface area (Å²) in [6.45, 7) is 2.31. The summed E-state index contributed by atoms with van der Waals surface area (Å²) in [5.41, 5.74) is 4.79. The van der Waals surface area contributed by atoms with Crippen LogP contribution in [0.2, 0.25) is 0 Å². The maximum absolute atomic E-state index is 13.1. The molecule has 30 heavy (non-hydrogen) atoms. The second kappa shape index (κ2) is 9.77. The van der Waals surface area contributed by atoms with Gasteiger partial charge in [0.1, 0.15) is 11.6 Å². The van der Waals surface area contributed by atoms with E-state index in [1.807, 2.05) is 19.1 Å². The third kappa shape index (κ3) is 5.00. The number of aromatic nitrogens is 2. The van der Waals surface area contributed by atoms with Gasteiger partial charge in [-0.05, 0) is 52.7 Å².